The van der Waals surface area contributed by atoms with Crippen LogP contribution in [0.1, 0.15) is 44.6 Å². The minimum atomic E-state index is -0.352. The number of allylic oxidation sites excluding steroid dienone is 1. The molecule has 2 heterocycles. The van der Waals surface area contributed by atoms with E-state index in [2.05, 4.69) is 6.92 Å². The molecule has 4 atom stereocenters. The molecule has 0 bridgehead atoms. The van der Waals surface area contributed by atoms with E-state index in [-0.39, 0.29) is 35.9 Å². The van der Waals surface area contributed by atoms with E-state index in [9.17, 15) is 9.59 Å². The Labute approximate surface area is 183 Å². The second kappa shape index (κ2) is 9.20. The van der Waals surface area contributed by atoms with Gasteiger partial charge in [0.1, 0.15) is 12.2 Å². The monoisotopic (exact) mass is 429 g/mol. The Morgan fingerprint density at radius 1 is 1.16 bits per heavy atom. The second-order valence-corrected chi connectivity index (χ2v) is 8.73. The van der Waals surface area contributed by atoms with E-state index < -0.39 is 0 Å². The number of nitrogens with zero attached hydrogens (tertiary/aromatic N) is 1. The minimum absolute atomic E-state index is 0.0872. The molecule has 1 aliphatic carbocycles. The Hall–Kier alpha value is -2.70. The molecule has 31 heavy (non-hydrogen) atoms. The molecule has 7 heteroatoms. The van der Waals surface area contributed by atoms with E-state index in [1.54, 1.807) is 20.4 Å². The van der Waals surface area contributed by atoms with Gasteiger partial charge < -0.3 is 23.8 Å². The van der Waals surface area contributed by atoms with Gasteiger partial charge in [-0.15, -0.1) is 0 Å². The Morgan fingerprint density at radius 3 is 2.68 bits per heavy atom. The van der Waals surface area contributed by atoms with Crippen LogP contribution in [0.15, 0.2) is 24.5 Å². The largest absolute Gasteiger partial charge is 0.496 e. The summed E-state index contributed by atoms with van der Waals surface area (Å²) in [5, 5.41) is 0. The van der Waals surface area contributed by atoms with Crippen molar-refractivity contribution in [2.45, 2.75) is 51.2 Å². The molecule has 0 aromatic heterocycles. The Balaban J connectivity index is 1.54. The van der Waals surface area contributed by atoms with Crippen LogP contribution >= 0.6 is 0 Å². The van der Waals surface area contributed by atoms with Crippen LogP contribution in [0.3, 0.4) is 0 Å². The summed E-state index contributed by atoms with van der Waals surface area (Å²) in [6.45, 7) is 3.33. The number of fused-ring (bicyclic) bond motifs is 2. The van der Waals surface area contributed by atoms with Crippen LogP contribution in [-0.2, 0) is 14.3 Å². The highest BCUT2D eigenvalue weighted by molar-refractivity contribution is 6.22. The van der Waals surface area contributed by atoms with Crippen molar-refractivity contribution in [3.05, 3.63) is 30.0 Å². The summed E-state index contributed by atoms with van der Waals surface area (Å²) in [5.41, 5.74) is 1.34. The number of Topliss-reactive ketones (excluding diaryl/α,β-unsaturated/α-hetero) is 1. The molecule has 0 radical (unpaired) electrons. The molecule has 0 saturated heterocycles. The number of carbonyl (C=O) groups excluding carboxylic acids is 2. The van der Waals surface area contributed by atoms with Crippen LogP contribution < -0.4 is 9.47 Å². The summed E-state index contributed by atoms with van der Waals surface area (Å²) in [6.07, 6.45) is 4.60. The lowest BCUT2D eigenvalue weighted by Crippen LogP contribution is -2.47. The van der Waals surface area contributed by atoms with Crippen LogP contribution in [0.2, 0.25) is 0 Å². The standard InChI is InChI=1S/C24H31NO6/c1-4-6-16-11-17-21(13-20(16)31-24(27)25(2)3)30-14-18(23(17)26)15-7-8-19-22(12-15)29-10-5-9-28-19/h7-8,12,14,16-17,20-21H,4-6,9-11,13H2,1-3H3. The van der Waals surface area contributed by atoms with Gasteiger partial charge in [-0.25, -0.2) is 4.79 Å². The van der Waals surface area contributed by atoms with Crippen molar-refractivity contribution >= 4 is 17.4 Å². The highest BCUT2D eigenvalue weighted by Gasteiger charge is 2.45. The molecule has 7 nitrogen and oxygen atoms in total. The zero-order valence-corrected chi connectivity index (χ0v) is 18.5. The molecule has 4 rings (SSSR count). The van der Waals surface area contributed by atoms with Crippen LogP contribution in [0, 0.1) is 11.8 Å². The molecular weight excluding hydrogens is 398 g/mol. The lowest BCUT2D eigenvalue weighted by Gasteiger charge is -2.42. The Bertz CT molecular complexity index is 864. The highest BCUT2D eigenvalue weighted by atomic mass is 16.6. The molecule has 0 N–H and O–H groups in total. The molecular formula is C24H31NO6. The molecule has 168 valence electrons. The number of benzene rings is 1. The first-order chi connectivity index (χ1) is 15.0. The predicted molar refractivity (Wildman–Crippen MR) is 115 cm³/mol. The van der Waals surface area contributed by atoms with Gasteiger partial charge in [0, 0.05) is 26.9 Å². The van der Waals surface area contributed by atoms with Gasteiger partial charge >= 0.3 is 6.09 Å². The molecule has 1 aromatic rings. The van der Waals surface area contributed by atoms with E-state index in [0.29, 0.717) is 43.1 Å². The first-order valence-electron chi connectivity index (χ1n) is 11.2. The number of amides is 1. The number of hydrogen-bond donors (Lipinski definition) is 0. The summed E-state index contributed by atoms with van der Waals surface area (Å²) in [5.74, 6) is 1.36. The third kappa shape index (κ3) is 4.50. The van der Waals surface area contributed by atoms with Gasteiger partial charge in [0.2, 0.25) is 0 Å². The van der Waals surface area contributed by atoms with Crippen LogP contribution in [0.5, 0.6) is 11.5 Å². The molecule has 1 aromatic carbocycles. The van der Waals surface area contributed by atoms with Gasteiger partial charge in [-0.3, -0.25) is 4.79 Å². The third-order valence-electron chi connectivity index (χ3n) is 6.29. The predicted octanol–water partition coefficient (Wildman–Crippen LogP) is 4.05. The van der Waals surface area contributed by atoms with Crippen LogP contribution in [0.25, 0.3) is 5.57 Å². The number of ether oxygens (including phenoxy) is 4. The normalized spacial score (nSPS) is 27.3. The fraction of sp³-hybridized carbons (Fsp3) is 0.583. The zero-order valence-electron chi connectivity index (χ0n) is 18.5. The zero-order chi connectivity index (χ0) is 22.0. The quantitative estimate of drug-likeness (QED) is 0.719. The summed E-state index contributed by atoms with van der Waals surface area (Å²) in [4.78, 5) is 27.0. The molecule has 1 saturated carbocycles. The average Bonchev–Trinajstić information content (AvgIpc) is 3.00. The molecule has 1 amide bonds. The van der Waals surface area contributed by atoms with Crippen molar-refractivity contribution in [1.82, 2.24) is 4.90 Å². The lowest BCUT2D eigenvalue weighted by molar-refractivity contribution is -0.129. The molecule has 1 fully saturated rings. The minimum Gasteiger partial charge on any atom is -0.496 e. The first-order valence-corrected chi connectivity index (χ1v) is 11.2. The first kappa shape index (κ1) is 21.5. The van der Waals surface area contributed by atoms with Gasteiger partial charge in [0.25, 0.3) is 0 Å². The molecule has 3 aliphatic rings. The van der Waals surface area contributed by atoms with Crippen molar-refractivity contribution in [2.75, 3.05) is 27.3 Å². The number of ketones is 1. The van der Waals surface area contributed by atoms with Gasteiger partial charge in [-0.1, -0.05) is 19.4 Å². The smallest absolute Gasteiger partial charge is 0.409 e. The maximum absolute atomic E-state index is 13.4. The summed E-state index contributed by atoms with van der Waals surface area (Å²) < 4.78 is 23.2. The molecule has 4 unspecified atom stereocenters. The van der Waals surface area contributed by atoms with Gasteiger partial charge in [-0.2, -0.15) is 0 Å². The molecule has 2 aliphatic heterocycles. The second-order valence-electron chi connectivity index (χ2n) is 8.73. The van der Waals surface area contributed by atoms with E-state index in [1.807, 2.05) is 18.2 Å². The van der Waals surface area contributed by atoms with Crippen molar-refractivity contribution in [2.24, 2.45) is 11.8 Å². The van der Waals surface area contributed by atoms with Crippen LogP contribution in [0.4, 0.5) is 4.79 Å². The van der Waals surface area contributed by atoms with E-state index >= 15 is 0 Å². The van der Waals surface area contributed by atoms with Crippen molar-refractivity contribution in [3.63, 3.8) is 0 Å². The van der Waals surface area contributed by atoms with Crippen molar-refractivity contribution in [3.8, 4) is 11.5 Å². The average molecular weight is 430 g/mol. The van der Waals surface area contributed by atoms with Gasteiger partial charge in [0.05, 0.1) is 31.0 Å². The number of rotatable bonds is 4. The number of carbonyl (C=O) groups is 2. The Kier molecular flexibility index (Phi) is 6.39. The topological polar surface area (TPSA) is 74.3 Å². The lowest BCUT2D eigenvalue weighted by atomic mass is 9.71. The van der Waals surface area contributed by atoms with E-state index in [1.165, 1.54) is 4.90 Å². The third-order valence-corrected chi connectivity index (χ3v) is 6.29. The number of hydrogen-bond acceptors (Lipinski definition) is 6. The highest BCUT2D eigenvalue weighted by Crippen LogP contribution is 2.42. The maximum Gasteiger partial charge on any atom is 0.409 e. The maximum atomic E-state index is 13.4. The summed E-state index contributed by atoms with van der Waals surface area (Å²) in [6, 6.07) is 5.60. The Morgan fingerprint density at radius 2 is 1.94 bits per heavy atom. The fourth-order valence-corrected chi connectivity index (χ4v) is 4.65. The van der Waals surface area contributed by atoms with Gasteiger partial charge in [0.15, 0.2) is 17.3 Å². The van der Waals surface area contributed by atoms with Gasteiger partial charge in [-0.05, 0) is 36.5 Å². The summed E-state index contributed by atoms with van der Waals surface area (Å²) >= 11 is 0. The van der Waals surface area contributed by atoms with Crippen LogP contribution in [-0.4, -0.2) is 56.3 Å². The molecule has 0 spiro atoms. The van der Waals surface area contributed by atoms with E-state index in [0.717, 1.165) is 24.8 Å². The SMILES string of the molecule is CCCC1CC2C(=O)C(c3ccc4c(c3)OCCCO4)=COC2CC1OC(=O)N(C)C. The van der Waals surface area contributed by atoms with Crippen molar-refractivity contribution in [1.29, 1.82) is 0 Å². The van der Waals surface area contributed by atoms with Crippen molar-refractivity contribution < 1.29 is 28.5 Å². The van der Waals surface area contributed by atoms with E-state index in [4.69, 9.17) is 18.9 Å². The summed E-state index contributed by atoms with van der Waals surface area (Å²) in [7, 11) is 3.35. The fourth-order valence-electron chi connectivity index (χ4n) is 4.65.